The minimum atomic E-state index is 0.699. The number of aromatic nitrogens is 1. The van der Waals surface area contributed by atoms with Gasteiger partial charge in [-0.05, 0) is 50.3 Å². The van der Waals surface area contributed by atoms with E-state index in [4.69, 9.17) is 5.73 Å². The van der Waals surface area contributed by atoms with E-state index in [1.54, 1.807) is 0 Å². The average Bonchev–Trinajstić information content (AvgIpc) is 2.31. The van der Waals surface area contributed by atoms with Gasteiger partial charge in [0.1, 0.15) is 5.82 Å². The van der Waals surface area contributed by atoms with Crippen LogP contribution in [0, 0.1) is 6.92 Å². The molecule has 0 saturated carbocycles. The number of nitrogens with zero attached hydrogens (tertiary/aromatic N) is 2. The lowest BCUT2D eigenvalue weighted by Crippen LogP contribution is -2.30. The van der Waals surface area contributed by atoms with E-state index in [0.29, 0.717) is 6.54 Å². The number of hydrogen-bond acceptors (Lipinski definition) is 3. The zero-order valence-electron chi connectivity index (χ0n) is 10.1. The fraction of sp³-hybridized carbons (Fsp3) is 0.615. The minimum absolute atomic E-state index is 0.699. The van der Waals surface area contributed by atoms with Crippen LogP contribution >= 0.6 is 0 Å². The Hall–Kier alpha value is -1.09. The summed E-state index contributed by atoms with van der Waals surface area (Å²) < 4.78 is 0. The van der Waals surface area contributed by atoms with Crippen molar-refractivity contribution in [1.82, 2.24) is 4.98 Å². The highest BCUT2D eigenvalue weighted by Gasteiger charge is 2.14. The molecule has 0 bridgehead atoms. The number of pyridine rings is 1. The molecule has 88 valence electrons. The Balaban J connectivity index is 2.14. The molecule has 0 atom stereocenters. The molecule has 0 unspecified atom stereocenters. The molecule has 0 spiro atoms. The summed E-state index contributed by atoms with van der Waals surface area (Å²) in [4.78, 5) is 7.00. The molecule has 1 aliphatic heterocycles. The summed E-state index contributed by atoms with van der Waals surface area (Å²) in [5, 5.41) is 0. The molecule has 1 aliphatic rings. The summed E-state index contributed by atoms with van der Waals surface area (Å²) in [6.45, 7) is 5.16. The molecular weight excluding hydrogens is 198 g/mol. The van der Waals surface area contributed by atoms with Crippen LogP contribution in [0.25, 0.3) is 0 Å². The van der Waals surface area contributed by atoms with Crippen LogP contribution in [0.4, 0.5) is 5.82 Å². The van der Waals surface area contributed by atoms with E-state index >= 15 is 0 Å². The summed E-state index contributed by atoms with van der Waals surface area (Å²) in [6, 6.07) is 2.23. The lowest BCUT2D eigenvalue weighted by Gasteiger charge is -2.29. The highest BCUT2D eigenvalue weighted by Crippen LogP contribution is 2.21. The molecular formula is C13H21N3. The van der Waals surface area contributed by atoms with Gasteiger partial charge in [0, 0.05) is 19.3 Å². The maximum atomic E-state index is 5.55. The van der Waals surface area contributed by atoms with Crippen molar-refractivity contribution in [3.8, 4) is 0 Å². The maximum Gasteiger partial charge on any atom is 0.131 e. The van der Waals surface area contributed by atoms with Gasteiger partial charge in [0.25, 0.3) is 0 Å². The molecule has 3 nitrogen and oxygen atoms in total. The van der Waals surface area contributed by atoms with Crippen LogP contribution in [0.5, 0.6) is 0 Å². The van der Waals surface area contributed by atoms with Crippen molar-refractivity contribution in [2.75, 3.05) is 24.5 Å². The monoisotopic (exact) mass is 219 g/mol. The Labute approximate surface area is 97.7 Å². The van der Waals surface area contributed by atoms with Crippen LogP contribution in [-0.2, 0) is 6.42 Å². The average molecular weight is 219 g/mol. The van der Waals surface area contributed by atoms with Crippen LogP contribution in [0.1, 0.15) is 30.4 Å². The van der Waals surface area contributed by atoms with E-state index in [0.717, 1.165) is 19.5 Å². The summed E-state index contributed by atoms with van der Waals surface area (Å²) in [6.07, 6.45) is 6.86. The number of rotatable bonds is 3. The molecule has 0 amide bonds. The smallest absolute Gasteiger partial charge is 0.131 e. The first-order chi connectivity index (χ1) is 7.81. The largest absolute Gasteiger partial charge is 0.356 e. The quantitative estimate of drug-likeness (QED) is 0.844. The van der Waals surface area contributed by atoms with Gasteiger partial charge in [-0.25, -0.2) is 4.98 Å². The van der Waals surface area contributed by atoms with Gasteiger partial charge in [-0.3, -0.25) is 0 Å². The van der Waals surface area contributed by atoms with Crippen LogP contribution in [0.2, 0.25) is 0 Å². The number of piperidine rings is 1. The lowest BCUT2D eigenvalue weighted by atomic mass is 10.1. The van der Waals surface area contributed by atoms with E-state index in [1.807, 2.05) is 6.20 Å². The molecule has 0 aromatic carbocycles. The first kappa shape index (κ1) is 11.4. The summed E-state index contributed by atoms with van der Waals surface area (Å²) in [5.74, 6) is 1.17. The number of nitrogens with two attached hydrogens (primary N) is 1. The van der Waals surface area contributed by atoms with Gasteiger partial charge in [-0.2, -0.15) is 0 Å². The Morgan fingerprint density at radius 1 is 1.31 bits per heavy atom. The van der Waals surface area contributed by atoms with E-state index in [1.165, 1.54) is 36.2 Å². The Kier molecular flexibility index (Phi) is 3.78. The Bertz CT molecular complexity index is 343. The van der Waals surface area contributed by atoms with Crippen LogP contribution < -0.4 is 10.6 Å². The van der Waals surface area contributed by atoms with Crippen molar-refractivity contribution >= 4 is 5.82 Å². The summed E-state index contributed by atoms with van der Waals surface area (Å²) in [7, 11) is 0. The van der Waals surface area contributed by atoms with Crippen molar-refractivity contribution in [2.24, 2.45) is 5.73 Å². The second-order valence-electron chi connectivity index (χ2n) is 4.57. The molecule has 0 aliphatic carbocycles. The number of hydrogen-bond donors (Lipinski definition) is 1. The van der Waals surface area contributed by atoms with Gasteiger partial charge in [0.05, 0.1) is 0 Å². The highest BCUT2D eigenvalue weighted by molar-refractivity contribution is 5.47. The molecule has 1 saturated heterocycles. The molecule has 3 heteroatoms. The van der Waals surface area contributed by atoms with Gasteiger partial charge >= 0.3 is 0 Å². The highest BCUT2D eigenvalue weighted by atomic mass is 15.2. The predicted octanol–water partition coefficient (Wildman–Crippen LogP) is 1.88. The normalized spacial score (nSPS) is 16.5. The predicted molar refractivity (Wildman–Crippen MR) is 67.8 cm³/mol. The second kappa shape index (κ2) is 5.30. The first-order valence-electron chi connectivity index (χ1n) is 6.22. The van der Waals surface area contributed by atoms with Crippen molar-refractivity contribution in [1.29, 1.82) is 0 Å². The maximum absolute atomic E-state index is 5.55. The summed E-state index contributed by atoms with van der Waals surface area (Å²) >= 11 is 0. The molecule has 16 heavy (non-hydrogen) atoms. The fourth-order valence-corrected chi connectivity index (χ4v) is 2.37. The van der Waals surface area contributed by atoms with Crippen LogP contribution in [-0.4, -0.2) is 24.6 Å². The standard InChI is InChI=1S/C13H21N3/c1-11-9-12(5-6-14)10-15-13(11)16-7-3-2-4-8-16/h9-10H,2-8,14H2,1H3. The van der Waals surface area contributed by atoms with Crippen molar-refractivity contribution in [3.63, 3.8) is 0 Å². The van der Waals surface area contributed by atoms with E-state index in [2.05, 4.69) is 22.9 Å². The van der Waals surface area contributed by atoms with Gasteiger partial charge in [0.15, 0.2) is 0 Å². The zero-order chi connectivity index (χ0) is 11.4. The fourth-order valence-electron chi connectivity index (χ4n) is 2.37. The third-order valence-corrected chi connectivity index (χ3v) is 3.20. The lowest BCUT2D eigenvalue weighted by molar-refractivity contribution is 0.572. The van der Waals surface area contributed by atoms with E-state index in [9.17, 15) is 0 Å². The van der Waals surface area contributed by atoms with Crippen LogP contribution in [0.3, 0.4) is 0 Å². The third-order valence-electron chi connectivity index (χ3n) is 3.20. The molecule has 1 fully saturated rings. The topological polar surface area (TPSA) is 42.1 Å². The molecule has 2 rings (SSSR count). The Morgan fingerprint density at radius 2 is 2.06 bits per heavy atom. The van der Waals surface area contributed by atoms with E-state index in [-0.39, 0.29) is 0 Å². The molecule has 0 radical (unpaired) electrons. The third kappa shape index (κ3) is 2.53. The van der Waals surface area contributed by atoms with Gasteiger partial charge in [-0.15, -0.1) is 0 Å². The summed E-state index contributed by atoms with van der Waals surface area (Å²) in [5.41, 5.74) is 8.09. The first-order valence-corrected chi connectivity index (χ1v) is 6.22. The molecule has 1 aromatic heterocycles. The minimum Gasteiger partial charge on any atom is -0.356 e. The van der Waals surface area contributed by atoms with Crippen molar-refractivity contribution in [3.05, 3.63) is 23.4 Å². The second-order valence-corrected chi connectivity index (χ2v) is 4.57. The molecule has 2 N–H and O–H groups in total. The zero-order valence-corrected chi connectivity index (χ0v) is 10.1. The number of anilines is 1. The molecule has 1 aromatic rings. The van der Waals surface area contributed by atoms with E-state index < -0.39 is 0 Å². The Morgan fingerprint density at radius 3 is 2.69 bits per heavy atom. The van der Waals surface area contributed by atoms with Gasteiger partial charge < -0.3 is 10.6 Å². The SMILES string of the molecule is Cc1cc(CCN)cnc1N1CCCCC1. The number of aryl methyl sites for hydroxylation is 1. The van der Waals surface area contributed by atoms with Gasteiger partial charge in [-0.1, -0.05) is 6.07 Å². The van der Waals surface area contributed by atoms with Crippen molar-refractivity contribution < 1.29 is 0 Å². The molecule has 2 heterocycles. The van der Waals surface area contributed by atoms with Crippen LogP contribution in [0.15, 0.2) is 12.3 Å². The van der Waals surface area contributed by atoms with Crippen molar-refractivity contribution in [2.45, 2.75) is 32.6 Å². The van der Waals surface area contributed by atoms with Gasteiger partial charge in [0.2, 0.25) is 0 Å².